The van der Waals surface area contributed by atoms with Crippen LogP contribution in [0.15, 0.2) is 24.4 Å². The van der Waals surface area contributed by atoms with Gasteiger partial charge >= 0.3 is 0 Å². The number of benzene rings is 1. The Morgan fingerprint density at radius 2 is 2.04 bits per heavy atom. The average molecular weight is 406 g/mol. The highest BCUT2D eigenvalue weighted by atomic mass is 35.5. The van der Waals surface area contributed by atoms with Gasteiger partial charge in [0, 0.05) is 25.7 Å². The third-order valence-electron chi connectivity index (χ3n) is 4.38. The lowest BCUT2D eigenvalue weighted by atomic mass is 10.1. The molecule has 8 nitrogen and oxygen atoms in total. The molecule has 2 N–H and O–H groups in total. The van der Waals surface area contributed by atoms with Crippen LogP contribution < -0.4 is 15.4 Å². The number of carbonyl (C=O) groups excluding carboxylic acids is 1. The number of anilines is 3. The van der Waals surface area contributed by atoms with Crippen molar-refractivity contribution in [3.63, 3.8) is 0 Å². The predicted octanol–water partition coefficient (Wildman–Crippen LogP) is 3.17. The smallest absolute Gasteiger partial charge is 0.254 e. The average Bonchev–Trinajstić information content (AvgIpc) is 2.68. The first-order chi connectivity index (χ1) is 13.4. The Kier molecular flexibility index (Phi) is 6.21. The van der Waals surface area contributed by atoms with Crippen LogP contribution in [0.5, 0.6) is 5.75 Å². The number of halogens is 1. The molecule has 150 valence electrons. The second-order valence-electron chi connectivity index (χ2n) is 6.65. The third-order valence-corrected chi connectivity index (χ3v) is 4.66. The van der Waals surface area contributed by atoms with Gasteiger partial charge in [0.1, 0.15) is 16.6 Å². The number of amides is 1. The lowest BCUT2D eigenvalue weighted by Gasteiger charge is -2.35. The van der Waals surface area contributed by atoms with Gasteiger partial charge in [-0.05, 0) is 32.0 Å². The predicted molar refractivity (Wildman–Crippen MR) is 109 cm³/mol. The van der Waals surface area contributed by atoms with E-state index in [4.69, 9.17) is 21.1 Å². The number of carbonyl (C=O) groups is 1. The zero-order valence-electron chi connectivity index (χ0n) is 16.3. The Labute approximate surface area is 169 Å². The van der Waals surface area contributed by atoms with E-state index >= 15 is 0 Å². The number of nitrogens with zero attached hydrogens (tertiary/aromatic N) is 3. The number of methoxy groups -OCH3 is 1. The standard InChI is InChI=1S/C19H24ClN5O3/c1-11-9-25(10-12(2)28-11)18(26)13-5-6-15(16(7-13)27-4)23-19-22-8-14(20)17(21-3)24-19/h5-8,11-12H,9-10H2,1-4H3,(H2,21,22,23,24). The van der Waals surface area contributed by atoms with Gasteiger partial charge in [0.15, 0.2) is 0 Å². The highest BCUT2D eigenvalue weighted by Crippen LogP contribution is 2.29. The minimum atomic E-state index is -0.0490. The van der Waals surface area contributed by atoms with Crippen LogP contribution in [0, 0.1) is 0 Å². The SMILES string of the molecule is CNc1nc(Nc2ccc(C(=O)N3CC(C)OC(C)C3)cc2OC)ncc1Cl. The van der Waals surface area contributed by atoms with Gasteiger partial charge in [-0.1, -0.05) is 11.6 Å². The van der Waals surface area contributed by atoms with Gasteiger partial charge in [0.05, 0.1) is 31.2 Å². The maximum absolute atomic E-state index is 12.9. The minimum absolute atomic E-state index is 0.0129. The summed E-state index contributed by atoms with van der Waals surface area (Å²) in [5.74, 6) is 1.35. The van der Waals surface area contributed by atoms with Crippen molar-refractivity contribution in [1.82, 2.24) is 14.9 Å². The van der Waals surface area contributed by atoms with Crippen LogP contribution in [-0.2, 0) is 4.74 Å². The van der Waals surface area contributed by atoms with E-state index in [1.807, 2.05) is 18.7 Å². The van der Waals surface area contributed by atoms with Gasteiger partial charge in [-0.25, -0.2) is 4.98 Å². The second-order valence-corrected chi connectivity index (χ2v) is 7.05. The number of hydrogen-bond donors (Lipinski definition) is 2. The summed E-state index contributed by atoms with van der Waals surface area (Å²) in [6, 6.07) is 5.24. The van der Waals surface area contributed by atoms with Crippen molar-refractivity contribution in [2.75, 3.05) is 37.9 Å². The summed E-state index contributed by atoms with van der Waals surface area (Å²) in [7, 11) is 3.28. The molecule has 0 radical (unpaired) electrons. The van der Waals surface area contributed by atoms with Crippen molar-refractivity contribution < 1.29 is 14.3 Å². The lowest BCUT2D eigenvalue weighted by molar-refractivity contribution is -0.0586. The van der Waals surface area contributed by atoms with E-state index in [0.29, 0.717) is 46.9 Å². The highest BCUT2D eigenvalue weighted by Gasteiger charge is 2.27. The van der Waals surface area contributed by atoms with E-state index in [1.165, 1.54) is 6.20 Å². The molecule has 0 bridgehead atoms. The van der Waals surface area contributed by atoms with Crippen molar-refractivity contribution in [3.05, 3.63) is 35.0 Å². The van der Waals surface area contributed by atoms with Crippen molar-refractivity contribution in [2.45, 2.75) is 26.1 Å². The first-order valence-corrected chi connectivity index (χ1v) is 9.39. The Hall–Kier alpha value is -2.58. The third kappa shape index (κ3) is 4.45. The van der Waals surface area contributed by atoms with Gasteiger partial charge in [0.25, 0.3) is 5.91 Å². The molecule has 0 spiro atoms. The maximum atomic E-state index is 12.9. The van der Waals surface area contributed by atoms with E-state index in [9.17, 15) is 4.79 Å². The Morgan fingerprint density at radius 3 is 2.68 bits per heavy atom. The summed E-state index contributed by atoms with van der Waals surface area (Å²) < 4.78 is 11.2. The fourth-order valence-corrected chi connectivity index (χ4v) is 3.36. The van der Waals surface area contributed by atoms with Crippen LogP contribution in [0.2, 0.25) is 5.02 Å². The normalized spacial score (nSPS) is 19.2. The van der Waals surface area contributed by atoms with E-state index in [1.54, 1.807) is 32.4 Å². The number of morpholine rings is 1. The number of hydrogen-bond acceptors (Lipinski definition) is 7. The quantitative estimate of drug-likeness (QED) is 0.789. The topological polar surface area (TPSA) is 88.6 Å². The molecular weight excluding hydrogens is 382 g/mol. The monoisotopic (exact) mass is 405 g/mol. The molecule has 0 aliphatic carbocycles. The number of aromatic nitrogens is 2. The fourth-order valence-electron chi connectivity index (χ4n) is 3.18. The number of ether oxygens (including phenoxy) is 2. The molecule has 1 fully saturated rings. The van der Waals surface area contributed by atoms with Gasteiger partial charge in [-0.2, -0.15) is 4.98 Å². The molecule has 3 rings (SSSR count). The summed E-state index contributed by atoms with van der Waals surface area (Å²) in [6.07, 6.45) is 1.53. The number of rotatable bonds is 5. The van der Waals surface area contributed by atoms with Gasteiger partial charge in [-0.3, -0.25) is 4.79 Å². The molecule has 1 aromatic heterocycles. The van der Waals surface area contributed by atoms with Crippen molar-refractivity contribution >= 4 is 35.0 Å². The zero-order valence-corrected chi connectivity index (χ0v) is 17.1. The molecule has 0 saturated carbocycles. The van der Waals surface area contributed by atoms with E-state index in [0.717, 1.165) is 0 Å². The lowest BCUT2D eigenvalue weighted by Crippen LogP contribution is -2.48. The fraction of sp³-hybridized carbons (Fsp3) is 0.421. The largest absolute Gasteiger partial charge is 0.495 e. The summed E-state index contributed by atoms with van der Waals surface area (Å²) >= 11 is 6.02. The summed E-state index contributed by atoms with van der Waals surface area (Å²) in [5, 5.41) is 6.42. The molecule has 2 heterocycles. The van der Waals surface area contributed by atoms with Gasteiger partial charge < -0.3 is 25.0 Å². The van der Waals surface area contributed by atoms with Crippen molar-refractivity contribution in [2.24, 2.45) is 0 Å². The van der Waals surface area contributed by atoms with Gasteiger partial charge in [-0.15, -0.1) is 0 Å². The first kappa shape index (κ1) is 20.2. The molecular formula is C19H24ClN5O3. The molecule has 9 heteroatoms. The summed E-state index contributed by atoms with van der Waals surface area (Å²) in [5.41, 5.74) is 1.20. The van der Waals surface area contributed by atoms with Crippen LogP contribution in [0.1, 0.15) is 24.2 Å². The van der Waals surface area contributed by atoms with Crippen molar-refractivity contribution in [3.8, 4) is 5.75 Å². The minimum Gasteiger partial charge on any atom is -0.495 e. The van der Waals surface area contributed by atoms with E-state index in [-0.39, 0.29) is 18.1 Å². The Morgan fingerprint density at radius 1 is 1.32 bits per heavy atom. The molecule has 1 amide bonds. The molecule has 2 aromatic rings. The summed E-state index contributed by atoms with van der Waals surface area (Å²) in [6.45, 7) is 5.07. The molecule has 1 saturated heterocycles. The van der Waals surface area contributed by atoms with E-state index < -0.39 is 0 Å². The Bertz CT molecular complexity index is 853. The van der Waals surface area contributed by atoms with Crippen LogP contribution >= 0.6 is 11.6 Å². The molecule has 2 atom stereocenters. The van der Waals surface area contributed by atoms with Crippen LogP contribution in [0.25, 0.3) is 0 Å². The van der Waals surface area contributed by atoms with Crippen LogP contribution in [-0.4, -0.2) is 60.2 Å². The van der Waals surface area contributed by atoms with Crippen molar-refractivity contribution in [1.29, 1.82) is 0 Å². The summed E-state index contributed by atoms with van der Waals surface area (Å²) in [4.78, 5) is 23.2. The molecule has 2 unspecified atom stereocenters. The molecule has 28 heavy (non-hydrogen) atoms. The van der Waals surface area contributed by atoms with Crippen LogP contribution in [0.4, 0.5) is 17.5 Å². The van der Waals surface area contributed by atoms with Gasteiger partial charge in [0.2, 0.25) is 5.95 Å². The zero-order chi connectivity index (χ0) is 20.3. The highest BCUT2D eigenvalue weighted by molar-refractivity contribution is 6.32. The molecule has 1 aromatic carbocycles. The Balaban J connectivity index is 1.81. The van der Waals surface area contributed by atoms with E-state index in [2.05, 4.69) is 20.6 Å². The number of nitrogens with one attached hydrogen (secondary N) is 2. The van der Waals surface area contributed by atoms with Crippen LogP contribution in [0.3, 0.4) is 0 Å². The maximum Gasteiger partial charge on any atom is 0.254 e. The second kappa shape index (κ2) is 8.62. The first-order valence-electron chi connectivity index (χ1n) is 9.01. The molecule has 1 aliphatic rings. The molecule has 1 aliphatic heterocycles.